The molecule has 0 spiro atoms. The van der Waals surface area contributed by atoms with Gasteiger partial charge in [0.1, 0.15) is 6.10 Å². The zero-order valence-corrected chi connectivity index (χ0v) is 8.99. The maximum atomic E-state index is 11.7. The van der Waals surface area contributed by atoms with Gasteiger partial charge in [0.2, 0.25) is 0 Å². The Morgan fingerprint density at radius 2 is 2.43 bits per heavy atom. The molecule has 1 aliphatic rings. The number of carbonyl (C=O) groups excluding carboxylic acids is 1. The van der Waals surface area contributed by atoms with Gasteiger partial charge in [-0.25, -0.2) is 0 Å². The van der Waals surface area contributed by atoms with Crippen molar-refractivity contribution >= 4 is 5.78 Å². The number of ketones is 1. The molecule has 82 valence electrons. The number of aliphatic hydroxyl groups excluding tert-OH is 1. The third-order valence-corrected chi connectivity index (χ3v) is 2.75. The maximum absolute atomic E-state index is 11.7. The Morgan fingerprint density at radius 3 is 3.00 bits per heavy atom. The van der Waals surface area contributed by atoms with Gasteiger partial charge in [0, 0.05) is 19.0 Å². The Morgan fingerprint density at radius 1 is 1.71 bits per heavy atom. The summed E-state index contributed by atoms with van der Waals surface area (Å²) in [5.74, 6) is 0.0167. The van der Waals surface area contributed by atoms with Crippen LogP contribution in [0.1, 0.15) is 12.8 Å². The molecule has 0 amide bonds. The molecule has 0 radical (unpaired) electrons. The minimum atomic E-state index is -0.837. The lowest BCUT2D eigenvalue weighted by Gasteiger charge is -2.29. The van der Waals surface area contributed by atoms with Crippen LogP contribution in [0.5, 0.6) is 0 Å². The van der Waals surface area contributed by atoms with Crippen molar-refractivity contribution in [2.45, 2.75) is 18.9 Å². The first kappa shape index (κ1) is 11.6. The van der Waals surface area contributed by atoms with E-state index in [0.717, 1.165) is 25.9 Å². The number of aliphatic hydroxyl groups is 1. The molecule has 4 nitrogen and oxygen atoms in total. The third-order valence-electron chi connectivity index (χ3n) is 2.75. The highest BCUT2D eigenvalue weighted by atomic mass is 16.3. The van der Waals surface area contributed by atoms with Crippen molar-refractivity contribution in [3.8, 4) is 0 Å². The Balaban J connectivity index is 2.42. The number of nitrogens with zero attached hydrogens (tertiary/aromatic N) is 1. The molecule has 1 aliphatic heterocycles. The van der Waals surface area contributed by atoms with Crippen LogP contribution in [-0.4, -0.2) is 55.6 Å². The largest absolute Gasteiger partial charge is 0.384 e. The van der Waals surface area contributed by atoms with Gasteiger partial charge in [-0.1, -0.05) is 0 Å². The zero-order chi connectivity index (χ0) is 10.6. The Bertz CT molecular complexity index is 197. The van der Waals surface area contributed by atoms with Crippen LogP contribution in [0.4, 0.5) is 0 Å². The summed E-state index contributed by atoms with van der Waals surface area (Å²) in [6, 6.07) is 0. The fourth-order valence-corrected chi connectivity index (χ4v) is 1.96. The van der Waals surface area contributed by atoms with Gasteiger partial charge < -0.3 is 15.3 Å². The van der Waals surface area contributed by atoms with Gasteiger partial charge in [0.25, 0.3) is 0 Å². The number of piperidine rings is 1. The monoisotopic (exact) mass is 200 g/mol. The van der Waals surface area contributed by atoms with Gasteiger partial charge in [0.05, 0.1) is 0 Å². The molecule has 0 aliphatic carbocycles. The summed E-state index contributed by atoms with van der Waals surface area (Å²) in [4.78, 5) is 13.9. The van der Waals surface area contributed by atoms with Crippen LogP contribution >= 0.6 is 0 Å². The van der Waals surface area contributed by atoms with Crippen LogP contribution < -0.4 is 5.32 Å². The van der Waals surface area contributed by atoms with Crippen molar-refractivity contribution in [3.63, 3.8) is 0 Å². The van der Waals surface area contributed by atoms with E-state index in [-0.39, 0.29) is 11.7 Å². The highest BCUT2D eigenvalue weighted by molar-refractivity contribution is 5.85. The fourth-order valence-electron chi connectivity index (χ4n) is 1.96. The molecule has 2 unspecified atom stereocenters. The Kier molecular flexibility index (Phi) is 4.51. The predicted octanol–water partition coefficient (Wildman–Crippen LogP) is -0.522. The highest BCUT2D eigenvalue weighted by Gasteiger charge is 2.28. The topological polar surface area (TPSA) is 52.6 Å². The summed E-state index contributed by atoms with van der Waals surface area (Å²) in [6.07, 6.45) is 1.14. The molecule has 2 N–H and O–H groups in total. The first-order chi connectivity index (χ1) is 6.65. The minimum Gasteiger partial charge on any atom is -0.384 e. The summed E-state index contributed by atoms with van der Waals surface area (Å²) in [7, 11) is 3.76. The lowest BCUT2D eigenvalue weighted by Crippen LogP contribution is -2.42. The second kappa shape index (κ2) is 5.44. The smallest absolute Gasteiger partial charge is 0.166 e. The van der Waals surface area contributed by atoms with Crippen molar-refractivity contribution in [3.05, 3.63) is 0 Å². The molecule has 14 heavy (non-hydrogen) atoms. The van der Waals surface area contributed by atoms with Crippen molar-refractivity contribution < 1.29 is 9.90 Å². The van der Waals surface area contributed by atoms with Crippen LogP contribution in [0.15, 0.2) is 0 Å². The number of hydrogen-bond donors (Lipinski definition) is 2. The van der Waals surface area contributed by atoms with Gasteiger partial charge in [-0.3, -0.25) is 4.79 Å². The van der Waals surface area contributed by atoms with E-state index in [0.29, 0.717) is 6.54 Å². The summed E-state index contributed by atoms with van der Waals surface area (Å²) in [6.45, 7) is 2.21. The first-order valence-corrected chi connectivity index (χ1v) is 5.20. The molecular formula is C10H20N2O2. The molecule has 0 aromatic rings. The number of carbonyl (C=O) groups is 1. The van der Waals surface area contributed by atoms with Crippen molar-refractivity contribution in [1.82, 2.24) is 10.2 Å². The van der Waals surface area contributed by atoms with Gasteiger partial charge >= 0.3 is 0 Å². The van der Waals surface area contributed by atoms with E-state index in [1.54, 1.807) is 7.05 Å². The molecule has 0 saturated carbocycles. The average molecular weight is 200 g/mol. The van der Waals surface area contributed by atoms with Crippen molar-refractivity contribution in [2.75, 3.05) is 33.7 Å². The molecule has 4 heteroatoms. The zero-order valence-electron chi connectivity index (χ0n) is 8.99. The number of likely N-dealkylation sites (tertiary alicyclic amines) is 1. The molecular weight excluding hydrogens is 180 g/mol. The average Bonchev–Trinajstić information content (AvgIpc) is 2.17. The second-order valence-corrected chi connectivity index (χ2v) is 4.08. The highest BCUT2D eigenvalue weighted by Crippen LogP contribution is 2.17. The molecule has 1 fully saturated rings. The van der Waals surface area contributed by atoms with E-state index in [1.165, 1.54) is 0 Å². The van der Waals surface area contributed by atoms with E-state index in [4.69, 9.17) is 0 Å². The molecule has 0 aromatic carbocycles. The summed E-state index contributed by atoms with van der Waals surface area (Å²) < 4.78 is 0. The summed E-state index contributed by atoms with van der Waals surface area (Å²) in [5, 5.41) is 12.3. The van der Waals surface area contributed by atoms with Crippen LogP contribution in [0.2, 0.25) is 0 Å². The normalized spacial score (nSPS) is 26.1. The van der Waals surface area contributed by atoms with E-state index < -0.39 is 6.10 Å². The van der Waals surface area contributed by atoms with Crippen LogP contribution in [0.3, 0.4) is 0 Å². The lowest BCUT2D eigenvalue weighted by atomic mass is 9.91. The van der Waals surface area contributed by atoms with Gasteiger partial charge in [-0.15, -0.1) is 0 Å². The Labute approximate surface area is 85.3 Å². The second-order valence-electron chi connectivity index (χ2n) is 4.08. The lowest BCUT2D eigenvalue weighted by molar-refractivity contribution is -0.132. The van der Waals surface area contributed by atoms with Crippen LogP contribution in [-0.2, 0) is 4.79 Å². The number of Topliss-reactive ketones (excluding diaryl/α,β-unsaturated/α-hetero) is 1. The quantitative estimate of drug-likeness (QED) is 0.641. The SMILES string of the molecule is CNCC(O)C(=O)C1CCCN(C)C1. The van der Waals surface area contributed by atoms with Gasteiger partial charge in [0.15, 0.2) is 5.78 Å². The van der Waals surface area contributed by atoms with E-state index in [1.807, 2.05) is 7.05 Å². The number of likely N-dealkylation sites (N-methyl/N-ethyl adjacent to an activating group) is 1. The van der Waals surface area contributed by atoms with Crippen LogP contribution in [0.25, 0.3) is 0 Å². The molecule has 1 saturated heterocycles. The maximum Gasteiger partial charge on any atom is 0.166 e. The summed E-state index contributed by atoms with van der Waals surface area (Å²) >= 11 is 0. The van der Waals surface area contributed by atoms with Crippen LogP contribution in [0, 0.1) is 5.92 Å². The summed E-state index contributed by atoms with van der Waals surface area (Å²) in [5.41, 5.74) is 0. The van der Waals surface area contributed by atoms with E-state index >= 15 is 0 Å². The Hall–Kier alpha value is -0.450. The van der Waals surface area contributed by atoms with Gasteiger partial charge in [-0.05, 0) is 33.5 Å². The molecule has 0 aromatic heterocycles. The number of hydrogen-bond acceptors (Lipinski definition) is 4. The number of rotatable bonds is 4. The van der Waals surface area contributed by atoms with E-state index in [2.05, 4.69) is 10.2 Å². The molecule has 1 heterocycles. The fraction of sp³-hybridized carbons (Fsp3) is 0.900. The minimum absolute atomic E-state index is 0.00843. The molecule has 0 bridgehead atoms. The van der Waals surface area contributed by atoms with Gasteiger partial charge in [-0.2, -0.15) is 0 Å². The van der Waals surface area contributed by atoms with E-state index in [9.17, 15) is 9.90 Å². The van der Waals surface area contributed by atoms with Crippen molar-refractivity contribution in [2.24, 2.45) is 5.92 Å². The first-order valence-electron chi connectivity index (χ1n) is 5.20. The predicted molar refractivity (Wildman–Crippen MR) is 55.2 cm³/mol. The molecule has 2 atom stereocenters. The van der Waals surface area contributed by atoms with Crippen molar-refractivity contribution in [1.29, 1.82) is 0 Å². The molecule has 1 rings (SSSR count). The standard InChI is InChI=1S/C10H20N2O2/c1-11-6-9(13)10(14)8-4-3-5-12(2)7-8/h8-9,11,13H,3-7H2,1-2H3. The number of nitrogens with one attached hydrogen (secondary N) is 1. The third kappa shape index (κ3) is 3.04.